The van der Waals surface area contributed by atoms with Crippen molar-refractivity contribution in [2.45, 2.75) is 31.6 Å². The molecule has 0 N–H and O–H groups in total. The van der Waals surface area contributed by atoms with E-state index in [4.69, 9.17) is 5.26 Å². The van der Waals surface area contributed by atoms with Gasteiger partial charge in [0, 0.05) is 6.42 Å². The molecule has 0 bridgehead atoms. The molecule has 0 spiro atoms. The van der Waals surface area contributed by atoms with Gasteiger partial charge in [-0.05, 0) is 31.1 Å². The Kier molecular flexibility index (Phi) is 3.89. The van der Waals surface area contributed by atoms with Crippen LogP contribution >= 0.6 is 0 Å². The van der Waals surface area contributed by atoms with Crippen molar-refractivity contribution >= 4 is 0 Å². The SMILES string of the molecule is [CH2]CC1C[CH]C(CC#N)C1(C(F)(F)F)C(F)(F)F. The predicted molar refractivity (Wildman–Crippen MR) is 50.6 cm³/mol. The standard InChI is InChI=1S/C11H11F6N/c1-2-7-3-4-8(5-6-18)9(7,10(12,13)14)11(15,16)17/h4,7-8H,1-3,5H2. The first-order valence-electron chi connectivity index (χ1n) is 5.25. The molecule has 2 atom stereocenters. The number of rotatable bonds is 2. The molecule has 1 saturated carbocycles. The minimum absolute atomic E-state index is 0.325. The summed E-state index contributed by atoms with van der Waals surface area (Å²) in [6.45, 7) is 3.18. The van der Waals surface area contributed by atoms with Crippen molar-refractivity contribution in [2.24, 2.45) is 17.3 Å². The molecular weight excluding hydrogens is 260 g/mol. The van der Waals surface area contributed by atoms with Crippen LogP contribution in [0.2, 0.25) is 0 Å². The molecule has 102 valence electrons. The highest BCUT2D eigenvalue weighted by atomic mass is 19.4. The molecule has 0 amide bonds. The topological polar surface area (TPSA) is 23.8 Å². The van der Waals surface area contributed by atoms with E-state index in [-0.39, 0.29) is 6.42 Å². The van der Waals surface area contributed by atoms with Crippen LogP contribution in [0.15, 0.2) is 0 Å². The number of nitriles is 1. The van der Waals surface area contributed by atoms with Crippen molar-refractivity contribution in [3.63, 3.8) is 0 Å². The van der Waals surface area contributed by atoms with Gasteiger partial charge in [-0.25, -0.2) is 0 Å². The number of hydrogen-bond acceptors (Lipinski definition) is 1. The first-order valence-corrected chi connectivity index (χ1v) is 5.25. The Balaban J connectivity index is 3.39. The molecule has 0 heterocycles. The van der Waals surface area contributed by atoms with E-state index in [0.29, 0.717) is 0 Å². The number of alkyl halides is 6. The first kappa shape index (κ1) is 15.1. The summed E-state index contributed by atoms with van der Waals surface area (Å²) in [6, 6.07) is 1.40. The molecule has 0 aromatic heterocycles. The van der Waals surface area contributed by atoms with Crippen LogP contribution < -0.4 is 0 Å². The fourth-order valence-corrected chi connectivity index (χ4v) is 2.74. The average molecular weight is 271 g/mol. The molecular formula is C11H11F6N. The van der Waals surface area contributed by atoms with Gasteiger partial charge in [0.25, 0.3) is 0 Å². The molecule has 1 rings (SSSR count). The fourth-order valence-electron chi connectivity index (χ4n) is 2.74. The zero-order valence-corrected chi connectivity index (χ0v) is 9.28. The van der Waals surface area contributed by atoms with Crippen LogP contribution in [0.4, 0.5) is 26.3 Å². The second-order valence-corrected chi connectivity index (χ2v) is 4.29. The molecule has 0 aliphatic heterocycles. The Morgan fingerprint density at radius 3 is 2.06 bits per heavy atom. The maximum absolute atomic E-state index is 13.0. The van der Waals surface area contributed by atoms with Crippen molar-refractivity contribution in [1.82, 2.24) is 0 Å². The molecule has 1 fully saturated rings. The van der Waals surface area contributed by atoms with Crippen molar-refractivity contribution < 1.29 is 26.3 Å². The van der Waals surface area contributed by atoms with Crippen LogP contribution in [-0.2, 0) is 0 Å². The van der Waals surface area contributed by atoms with E-state index in [1.807, 2.05) is 0 Å². The zero-order chi connectivity index (χ0) is 14.2. The minimum Gasteiger partial charge on any atom is -0.198 e. The summed E-state index contributed by atoms with van der Waals surface area (Å²) in [6.07, 6.45) is -11.5. The van der Waals surface area contributed by atoms with Crippen molar-refractivity contribution in [3.05, 3.63) is 13.3 Å². The number of nitrogens with zero attached hydrogens (tertiary/aromatic N) is 1. The highest BCUT2D eigenvalue weighted by molar-refractivity contribution is 5.14. The Morgan fingerprint density at radius 2 is 1.72 bits per heavy atom. The van der Waals surface area contributed by atoms with Crippen molar-refractivity contribution in [3.8, 4) is 6.07 Å². The second-order valence-electron chi connectivity index (χ2n) is 4.29. The maximum atomic E-state index is 13.0. The molecule has 0 aromatic rings. The monoisotopic (exact) mass is 271 g/mol. The lowest BCUT2D eigenvalue weighted by molar-refractivity contribution is -0.364. The third-order valence-corrected chi connectivity index (χ3v) is 3.53. The van der Waals surface area contributed by atoms with Gasteiger partial charge in [0.15, 0.2) is 5.41 Å². The van der Waals surface area contributed by atoms with Gasteiger partial charge in [-0.1, -0.05) is 6.92 Å². The van der Waals surface area contributed by atoms with Crippen LogP contribution in [0.1, 0.15) is 19.3 Å². The van der Waals surface area contributed by atoms with Crippen LogP contribution in [-0.4, -0.2) is 12.4 Å². The van der Waals surface area contributed by atoms with E-state index >= 15 is 0 Å². The quantitative estimate of drug-likeness (QED) is 0.694. The van der Waals surface area contributed by atoms with Gasteiger partial charge in [-0.3, -0.25) is 0 Å². The maximum Gasteiger partial charge on any atom is 0.403 e. The first-order chi connectivity index (χ1) is 8.12. The van der Waals surface area contributed by atoms with E-state index in [1.54, 1.807) is 0 Å². The highest BCUT2D eigenvalue weighted by Crippen LogP contribution is 2.66. The molecule has 18 heavy (non-hydrogen) atoms. The lowest BCUT2D eigenvalue weighted by Gasteiger charge is -2.42. The van der Waals surface area contributed by atoms with E-state index in [0.717, 1.165) is 6.42 Å². The third kappa shape index (κ3) is 1.95. The van der Waals surface area contributed by atoms with Crippen LogP contribution in [0.5, 0.6) is 0 Å². The van der Waals surface area contributed by atoms with Gasteiger partial charge in [0.2, 0.25) is 0 Å². The summed E-state index contributed by atoms with van der Waals surface area (Å²) in [4.78, 5) is 0. The van der Waals surface area contributed by atoms with Gasteiger partial charge < -0.3 is 0 Å². The second kappa shape index (κ2) is 4.63. The predicted octanol–water partition coefficient (Wildman–Crippen LogP) is 4.08. The zero-order valence-electron chi connectivity index (χ0n) is 9.28. The lowest BCUT2D eigenvalue weighted by atomic mass is 9.68. The van der Waals surface area contributed by atoms with Crippen molar-refractivity contribution in [2.75, 3.05) is 0 Å². The summed E-state index contributed by atoms with van der Waals surface area (Å²) >= 11 is 0. The number of halogens is 6. The van der Waals surface area contributed by atoms with E-state index < -0.39 is 42.4 Å². The molecule has 1 aliphatic rings. The van der Waals surface area contributed by atoms with Crippen LogP contribution in [0.3, 0.4) is 0 Å². The Hall–Kier alpha value is -0.930. The summed E-state index contributed by atoms with van der Waals surface area (Å²) in [5.41, 5.74) is -3.84. The third-order valence-electron chi connectivity index (χ3n) is 3.53. The molecule has 1 aliphatic carbocycles. The van der Waals surface area contributed by atoms with Gasteiger partial charge in [-0.2, -0.15) is 31.6 Å². The largest absolute Gasteiger partial charge is 0.403 e. The van der Waals surface area contributed by atoms with E-state index in [1.165, 1.54) is 6.07 Å². The Morgan fingerprint density at radius 1 is 1.22 bits per heavy atom. The summed E-state index contributed by atoms with van der Waals surface area (Å²) in [7, 11) is 0. The summed E-state index contributed by atoms with van der Waals surface area (Å²) in [5.74, 6) is -3.51. The molecule has 2 unspecified atom stereocenters. The highest BCUT2D eigenvalue weighted by Gasteiger charge is 2.77. The van der Waals surface area contributed by atoms with Crippen molar-refractivity contribution in [1.29, 1.82) is 5.26 Å². The smallest absolute Gasteiger partial charge is 0.198 e. The Bertz CT molecular complexity index is 323. The van der Waals surface area contributed by atoms with E-state index in [9.17, 15) is 26.3 Å². The van der Waals surface area contributed by atoms with Gasteiger partial charge in [0.1, 0.15) is 0 Å². The molecule has 1 nitrogen and oxygen atoms in total. The number of hydrogen-bond donors (Lipinski definition) is 0. The summed E-state index contributed by atoms with van der Waals surface area (Å²) in [5, 5.41) is 8.43. The van der Waals surface area contributed by atoms with Gasteiger partial charge >= 0.3 is 12.4 Å². The fraction of sp³-hybridized carbons (Fsp3) is 0.727. The molecule has 2 radical (unpaired) electrons. The molecule has 7 heteroatoms. The molecule has 0 aromatic carbocycles. The normalized spacial score (nSPS) is 28.1. The van der Waals surface area contributed by atoms with Gasteiger partial charge in [0.05, 0.1) is 6.07 Å². The average Bonchev–Trinajstić information content (AvgIpc) is 2.56. The van der Waals surface area contributed by atoms with Gasteiger partial charge in [-0.15, -0.1) is 0 Å². The minimum atomic E-state index is -5.44. The van der Waals surface area contributed by atoms with Crippen LogP contribution in [0, 0.1) is 41.9 Å². The van der Waals surface area contributed by atoms with Crippen LogP contribution in [0.25, 0.3) is 0 Å². The summed E-state index contributed by atoms with van der Waals surface area (Å²) < 4.78 is 78.3. The lowest BCUT2D eigenvalue weighted by Crippen LogP contribution is -2.56. The molecule has 0 saturated heterocycles. The Labute approximate surface area is 101 Å². The van der Waals surface area contributed by atoms with E-state index in [2.05, 4.69) is 6.92 Å².